The van der Waals surface area contributed by atoms with Gasteiger partial charge in [0.25, 0.3) is 5.91 Å². The summed E-state index contributed by atoms with van der Waals surface area (Å²) >= 11 is 0. The predicted octanol–water partition coefficient (Wildman–Crippen LogP) is 3.87. The number of hydrogen-bond acceptors (Lipinski definition) is 4. The molecule has 2 N–H and O–H groups in total. The number of halogens is 3. The highest BCUT2D eigenvalue weighted by Crippen LogP contribution is 2.55. The third-order valence-corrected chi connectivity index (χ3v) is 5.03. The van der Waals surface area contributed by atoms with Gasteiger partial charge in [0.1, 0.15) is 29.3 Å². The molecule has 0 saturated carbocycles. The van der Waals surface area contributed by atoms with Crippen molar-refractivity contribution in [2.45, 2.75) is 56.6 Å². The molecule has 2 saturated heterocycles. The van der Waals surface area contributed by atoms with E-state index < -0.39 is 59.1 Å². The second-order valence-electron chi connectivity index (χ2n) is 8.57. The fourth-order valence-electron chi connectivity index (χ4n) is 3.62. The van der Waals surface area contributed by atoms with Crippen molar-refractivity contribution in [3.8, 4) is 0 Å². The van der Waals surface area contributed by atoms with Crippen LogP contribution in [0.4, 0.5) is 23.7 Å². The number of nitrogens with one attached hydrogen (secondary N) is 2. The van der Waals surface area contributed by atoms with Crippen LogP contribution >= 0.6 is 0 Å². The molecule has 2 fully saturated rings. The Morgan fingerprint density at radius 2 is 2.00 bits per heavy atom. The molecule has 0 unspecified atom stereocenters. The summed E-state index contributed by atoms with van der Waals surface area (Å²) in [5, 5.41) is 4.70. The maximum atomic E-state index is 16.0. The van der Waals surface area contributed by atoms with Gasteiger partial charge in [-0.05, 0) is 45.9 Å². The summed E-state index contributed by atoms with van der Waals surface area (Å²) in [5.41, 5.74) is -8.10. The maximum absolute atomic E-state index is 16.0. The summed E-state index contributed by atoms with van der Waals surface area (Å²) in [7, 11) is 0. The molecule has 0 aromatic heterocycles. The molecule has 0 radical (unpaired) electrons. The van der Waals surface area contributed by atoms with Crippen LogP contribution in [0.15, 0.2) is 30.5 Å². The zero-order chi connectivity index (χ0) is 21.8. The van der Waals surface area contributed by atoms with Crippen molar-refractivity contribution < 1.29 is 32.2 Å². The molecule has 158 valence electrons. The fourth-order valence-corrected chi connectivity index (χ4v) is 3.62. The highest BCUT2D eigenvalue weighted by molar-refractivity contribution is 5.88. The summed E-state index contributed by atoms with van der Waals surface area (Å²) in [6.07, 6.45) is -1.68. The van der Waals surface area contributed by atoms with E-state index in [0.29, 0.717) is 0 Å². The van der Waals surface area contributed by atoms with Gasteiger partial charge in [0, 0.05) is 17.7 Å². The van der Waals surface area contributed by atoms with Crippen molar-refractivity contribution >= 4 is 17.7 Å². The molecule has 6 nitrogen and oxygen atoms in total. The van der Waals surface area contributed by atoms with Crippen LogP contribution < -0.4 is 10.6 Å². The number of fused-ring (bicyclic) bond motifs is 1. The van der Waals surface area contributed by atoms with Gasteiger partial charge in [-0.1, -0.05) is 6.58 Å². The molecule has 1 aromatic rings. The first-order valence-electron chi connectivity index (χ1n) is 9.03. The Bertz CT molecular complexity index is 894. The number of hydrogen-bond donors (Lipinski definition) is 2. The summed E-state index contributed by atoms with van der Waals surface area (Å²) in [4.78, 5) is 24.3. The Balaban J connectivity index is 2.03. The molecule has 0 spiro atoms. The molecular formula is C20H23F3N2O4. The molecule has 2 aliphatic rings. The van der Waals surface area contributed by atoms with Crippen LogP contribution in [0, 0.1) is 5.82 Å². The minimum absolute atomic E-state index is 0.104. The molecule has 9 heteroatoms. The topological polar surface area (TPSA) is 76.7 Å². The largest absolute Gasteiger partial charge is 0.492 e. The van der Waals surface area contributed by atoms with E-state index in [4.69, 9.17) is 9.47 Å². The normalized spacial score (nSPS) is 31.6. The Labute approximate surface area is 166 Å². The lowest BCUT2D eigenvalue weighted by Gasteiger charge is -2.46. The molecule has 1 aromatic carbocycles. The molecule has 2 heterocycles. The number of alkyl halides is 2. The second-order valence-corrected chi connectivity index (χ2v) is 8.57. The van der Waals surface area contributed by atoms with Crippen LogP contribution in [0.5, 0.6) is 0 Å². The lowest BCUT2D eigenvalue weighted by molar-refractivity contribution is -0.146. The SMILES string of the molecule is C=C1OC[C@]2(c3cc(NC(=O)OC(C)(C)C)ccc3F)NC(=O)[C@](C)(F)C[C@]12F. The van der Waals surface area contributed by atoms with Crippen molar-refractivity contribution in [3.63, 3.8) is 0 Å². The first-order chi connectivity index (χ1) is 13.2. The zero-order valence-corrected chi connectivity index (χ0v) is 16.6. The van der Waals surface area contributed by atoms with Gasteiger partial charge >= 0.3 is 6.09 Å². The van der Waals surface area contributed by atoms with E-state index in [1.54, 1.807) is 20.8 Å². The average molecular weight is 412 g/mol. The second kappa shape index (κ2) is 6.40. The minimum Gasteiger partial charge on any atom is -0.492 e. The van der Waals surface area contributed by atoms with Crippen LogP contribution in [-0.4, -0.2) is 35.5 Å². The van der Waals surface area contributed by atoms with Crippen molar-refractivity contribution in [2.24, 2.45) is 0 Å². The third-order valence-electron chi connectivity index (χ3n) is 5.03. The first-order valence-corrected chi connectivity index (χ1v) is 9.03. The first kappa shape index (κ1) is 21.0. The number of benzene rings is 1. The number of piperidine rings is 1. The van der Waals surface area contributed by atoms with Crippen molar-refractivity contribution in [1.82, 2.24) is 5.32 Å². The highest BCUT2D eigenvalue weighted by Gasteiger charge is 2.70. The van der Waals surface area contributed by atoms with E-state index in [-0.39, 0.29) is 11.3 Å². The number of rotatable bonds is 2. The Hall–Kier alpha value is -2.71. The van der Waals surface area contributed by atoms with Gasteiger partial charge in [0.15, 0.2) is 5.67 Å². The smallest absolute Gasteiger partial charge is 0.412 e. The van der Waals surface area contributed by atoms with Crippen molar-refractivity contribution in [3.05, 3.63) is 41.9 Å². The lowest BCUT2D eigenvalue weighted by atomic mass is 9.68. The summed E-state index contributed by atoms with van der Waals surface area (Å²) in [5.74, 6) is -2.34. The number of carbonyl (C=O) groups is 2. The standard InChI is InChI=1S/C20H23F3N2O4/c1-11-19(23)9-18(5,22)15(26)25-20(19,10-28-11)13-8-12(6-7-14(13)21)24-16(27)29-17(2,3)4/h6-8H,1,9-10H2,2-5H3,(H,24,27)(H,25,26)/t18-,19+,20-/m1/s1. The molecule has 2 aliphatic heterocycles. The fraction of sp³-hybridized carbons (Fsp3) is 0.500. The van der Waals surface area contributed by atoms with Gasteiger partial charge in [0.05, 0.1) is 0 Å². The van der Waals surface area contributed by atoms with Gasteiger partial charge < -0.3 is 14.8 Å². The lowest BCUT2D eigenvalue weighted by Crippen LogP contribution is -2.68. The summed E-state index contributed by atoms with van der Waals surface area (Å²) in [6.45, 7) is 8.97. The van der Waals surface area contributed by atoms with Crippen LogP contribution in [0.1, 0.15) is 39.7 Å². The highest BCUT2D eigenvalue weighted by atomic mass is 19.2. The molecule has 0 aliphatic carbocycles. The Morgan fingerprint density at radius 1 is 1.34 bits per heavy atom. The molecule has 0 bridgehead atoms. The maximum Gasteiger partial charge on any atom is 0.412 e. The zero-order valence-electron chi connectivity index (χ0n) is 16.6. The van der Waals surface area contributed by atoms with Gasteiger partial charge in [-0.3, -0.25) is 10.1 Å². The molecule has 2 amide bonds. The third kappa shape index (κ3) is 3.42. The van der Waals surface area contributed by atoms with Crippen molar-refractivity contribution in [2.75, 3.05) is 11.9 Å². The molecule has 3 atom stereocenters. The van der Waals surface area contributed by atoms with Gasteiger partial charge in [-0.15, -0.1) is 0 Å². The quantitative estimate of drug-likeness (QED) is 0.773. The number of amides is 2. The van der Waals surface area contributed by atoms with E-state index in [2.05, 4.69) is 17.2 Å². The molecular weight excluding hydrogens is 389 g/mol. The van der Waals surface area contributed by atoms with E-state index in [1.165, 1.54) is 6.07 Å². The van der Waals surface area contributed by atoms with Gasteiger partial charge in [-0.2, -0.15) is 0 Å². The van der Waals surface area contributed by atoms with E-state index in [1.807, 2.05) is 0 Å². The number of carbonyl (C=O) groups excluding carboxylic acids is 2. The minimum atomic E-state index is -2.59. The Kier molecular flexibility index (Phi) is 4.64. The van der Waals surface area contributed by atoms with Gasteiger partial charge in [-0.25, -0.2) is 18.0 Å². The van der Waals surface area contributed by atoms with E-state index in [9.17, 15) is 18.4 Å². The summed E-state index contributed by atoms with van der Waals surface area (Å²) < 4.78 is 55.7. The van der Waals surface area contributed by atoms with E-state index in [0.717, 1.165) is 19.1 Å². The van der Waals surface area contributed by atoms with Gasteiger partial charge in [0.2, 0.25) is 5.67 Å². The van der Waals surface area contributed by atoms with Crippen molar-refractivity contribution in [1.29, 1.82) is 0 Å². The monoisotopic (exact) mass is 412 g/mol. The summed E-state index contributed by atoms with van der Waals surface area (Å²) in [6, 6.07) is 3.43. The van der Waals surface area contributed by atoms with E-state index >= 15 is 4.39 Å². The number of ether oxygens (including phenoxy) is 2. The van der Waals surface area contributed by atoms with Crippen LogP contribution in [0.25, 0.3) is 0 Å². The van der Waals surface area contributed by atoms with Crippen LogP contribution in [-0.2, 0) is 19.8 Å². The molecule has 3 rings (SSSR count). The molecule has 29 heavy (non-hydrogen) atoms. The van der Waals surface area contributed by atoms with Crippen LogP contribution in [0.3, 0.4) is 0 Å². The van der Waals surface area contributed by atoms with Crippen LogP contribution in [0.2, 0.25) is 0 Å². The predicted molar refractivity (Wildman–Crippen MR) is 99.1 cm³/mol. The average Bonchev–Trinajstić information content (AvgIpc) is 2.80. The Morgan fingerprint density at radius 3 is 2.62 bits per heavy atom. The number of anilines is 1.